The summed E-state index contributed by atoms with van der Waals surface area (Å²) in [5, 5.41) is 13.1. The lowest BCUT2D eigenvalue weighted by Crippen LogP contribution is -2.23. The number of carboxylic acids is 1. The number of ether oxygens (including phenoxy) is 2. The van der Waals surface area contributed by atoms with E-state index in [9.17, 15) is 4.79 Å². The zero-order valence-corrected chi connectivity index (χ0v) is 14.6. The molecule has 0 aliphatic carbocycles. The molecular formula is C17H23N3O4. The smallest absolute Gasteiger partial charge is 0.344 e. The molecule has 0 radical (unpaired) electrons. The van der Waals surface area contributed by atoms with Crippen molar-refractivity contribution in [1.82, 2.24) is 14.8 Å². The van der Waals surface area contributed by atoms with Gasteiger partial charge in [-0.05, 0) is 50.5 Å². The quantitative estimate of drug-likeness (QED) is 0.838. The van der Waals surface area contributed by atoms with Crippen LogP contribution in [0.15, 0.2) is 24.5 Å². The number of hydrogen-bond acceptors (Lipinski definition) is 5. The van der Waals surface area contributed by atoms with Crippen LogP contribution >= 0.6 is 0 Å². The topological polar surface area (TPSA) is 86.5 Å². The van der Waals surface area contributed by atoms with Gasteiger partial charge in [-0.25, -0.2) is 9.48 Å². The van der Waals surface area contributed by atoms with Crippen LogP contribution in [-0.4, -0.2) is 38.0 Å². The van der Waals surface area contributed by atoms with E-state index in [1.54, 1.807) is 4.68 Å². The first-order chi connectivity index (χ1) is 11.3. The van der Waals surface area contributed by atoms with Gasteiger partial charge in [-0.15, -0.1) is 5.10 Å². The van der Waals surface area contributed by atoms with Crippen LogP contribution in [-0.2, 0) is 4.79 Å². The van der Waals surface area contributed by atoms with Crippen molar-refractivity contribution in [3.05, 3.63) is 30.1 Å². The Kier molecular flexibility index (Phi) is 5.43. The third kappa shape index (κ3) is 4.24. The molecule has 0 spiro atoms. The zero-order chi connectivity index (χ0) is 17.9. The molecule has 1 unspecified atom stereocenters. The maximum absolute atomic E-state index is 10.8. The van der Waals surface area contributed by atoms with Crippen LogP contribution in [0.4, 0.5) is 0 Å². The van der Waals surface area contributed by atoms with Gasteiger partial charge in [0.2, 0.25) is 0 Å². The van der Waals surface area contributed by atoms with Crippen LogP contribution in [0.2, 0.25) is 0 Å². The summed E-state index contributed by atoms with van der Waals surface area (Å²) in [5.74, 6) is -0.0137. The molecule has 1 atom stereocenters. The minimum Gasteiger partial charge on any atom is -0.491 e. The third-order valence-corrected chi connectivity index (χ3v) is 3.34. The van der Waals surface area contributed by atoms with Gasteiger partial charge in [0.15, 0.2) is 6.10 Å². The van der Waals surface area contributed by atoms with Crippen molar-refractivity contribution in [2.75, 3.05) is 0 Å². The van der Waals surface area contributed by atoms with E-state index < -0.39 is 12.1 Å². The molecule has 0 saturated carbocycles. The minimum absolute atomic E-state index is 0.0297. The van der Waals surface area contributed by atoms with Gasteiger partial charge in [-0.1, -0.05) is 13.8 Å². The third-order valence-electron chi connectivity index (χ3n) is 3.34. The fourth-order valence-corrected chi connectivity index (χ4v) is 2.18. The molecule has 2 rings (SSSR count). The van der Waals surface area contributed by atoms with Gasteiger partial charge >= 0.3 is 12.0 Å². The number of nitrogens with zero attached hydrogens (tertiary/aromatic N) is 3. The molecule has 0 aliphatic rings. The van der Waals surface area contributed by atoms with Crippen molar-refractivity contribution in [1.29, 1.82) is 0 Å². The number of carbonyl (C=O) groups is 1. The Morgan fingerprint density at radius 2 is 1.88 bits per heavy atom. The number of hydrogen-bond donors (Lipinski definition) is 1. The molecule has 130 valence electrons. The molecule has 24 heavy (non-hydrogen) atoms. The van der Waals surface area contributed by atoms with Gasteiger partial charge in [-0.2, -0.15) is 4.98 Å². The monoisotopic (exact) mass is 333 g/mol. The highest BCUT2D eigenvalue weighted by Crippen LogP contribution is 2.28. The van der Waals surface area contributed by atoms with Gasteiger partial charge in [0.05, 0.1) is 11.8 Å². The molecule has 0 fully saturated rings. The van der Waals surface area contributed by atoms with E-state index in [-0.39, 0.29) is 18.0 Å². The van der Waals surface area contributed by atoms with Crippen LogP contribution in [0.3, 0.4) is 0 Å². The van der Waals surface area contributed by atoms with E-state index in [0.717, 1.165) is 17.0 Å². The summed E-state index contributed by atoms with van der Waals surface area (Å²) in [5.41, 5.74) is 1.90. The van der Waals surface area contributed by atoms with Crippen LogP contribution in [0.25, 0.3) is 5.69 Å². The highest BCUT2D eigenvalue weighted by molar-refractivity contribution is 5.72. The number of aliphatic carboxylic acids is 1. The second kappa shape index (κ2) is 7.33. The van der Waals surface area contributed by atoms with E-state index in [0.29, 0.717) is 0 Å². The van der Waals surface area contributed by atoms with E-state index in [2.05, 4.69) is 23.9 Å². The Hall–Kier alpha value is -2.57. The molecule has 1 heterocycles. The molecule has 0 bridgehead atoms. The van der Waals surface area contributed by atoms with Gasteiger partial charge in [0.1, 0.15) is 12.1 Å². The lowest BCUT2D eigenvalue weighted by Gasteiger charge is -2.16. The van der Waals surface area contributed by atoms with Crippen molar-refractivity contribution >= 4 is 5.97 Å². The molecule has 0 aliphatic heterocycles. The average molecular weight is 333 g/mol. The zero-order valence-electron chi connectivity index (χ0n) is 14.6. The van der Waals surface area contributed by atoms with Crippen molar-refractivity contribution in [2.24, 2.45) is 0 Å². The molecule has 1 aromatic carbocycles. The Morgan fingerprint density at radius 1 is 1.17 bits per heavy atom. The van der Waals surface area contributed by atoms with Gasteiger partial charge < -0.3 is 14.6 Å². The summed E-state index contributed by atoms with van der Waals surface area (Å²) in [6.07, 6.45) is 0.598. The Bertz CT molecular complexity index is 710. The number of carboxylic acid groups (broad SMARTS) is 1. The summed E-state index contributed by atoms with van der Waals surface area (Å²) in [4.78, 5) is 14.9. The fourth-order valence-electron chi connectivity index (χ4n) is 2.18. The first kappa shape index (κ1) is 17.8. The number of rotatable bonds is 7. The normalized spacial score (nSPS) is 12.5. The molecule has 0 amide bonds. The summed E-state index contributed by atoms with van der Waals surface area (Å²) >= 11 is 0. The van der Waals surface area contributed by atoms with Gasteiger partial charge in [-0.3, -0.25) is 0 Å². The highest BCUT2D eigenvalue weighted by atomic mass is 16.5. The number of benzene rings is 1. The predicted molar refractivity (Wildman–Crippen MR) is 88.9 cm³/mol. The Balaban J connectivity index is 2.31. The van der Waals surface area contributed by atoms with Crippen molar-refractivity contribution in [3.63, 3.8) is 0 Å². The maximum Gasteiger partial charge on any atom is 0.344 e. The minimum atomic E-state index is -1.07. The summed E-state index contributed by atoms with van der Waals surface area (Å²) < 4.78 is 12.5. The standard InChI is InChI=1S/C17H23N3O4/c1-10(2)14-8-13(23-11(3)4)6-7-15(14)20-9-18-17(19-20)24-12(5)16(21)22/h6-12H,1-5H3,(H,21,22). The number of aromatic nitrogens is 3. The SMILES string of the molecule is CC(C)Oc1ccc(-n2cnc(OC(C)C(=O)O)n2)c(C(C)C)c1. The lowest BCUT2D eigenvalue weighted by atomic mass is 10.0. The molecule has 7 heteroatoms. The van der Waals surface area contributed by atoms with Crippen LogP contribution in [0.1, 0.15) is 46.1 Å². The second-order valence-electron chi connectivity index (χ2n) is 6.11. The molecular weight excluding hydrogens is 310 g/mol. The highest BCUT2D eigenvalue weighted by Gasteiger charge is 2.17. The van der Waals surface area contributed by atoms with Crippen LogP contribution < -0.4 is 9.47 Å². The fraction of sp³-hybridized carbons (Fsp3) is 0.471. The molecule has 1 N–H and O–H groups in total. The average Bonchev–Trinajstić information content (AvgIpc) is 2.94. The van der Waals surface area contributed by atoms with E-state index in [1.807, 2.05) is 32.0 Å². The van der Waals surface area contributed by atoms with E-state index in [4.69, 9.17) is 14.6 Å². The molecule has 7 nitrogen and oxygen atoms in total. The van der Waals surface area contributed by atoms with Crippen LogP contribution in [0, 0.1) is 0 Å². The van der Waals surface area contributed by atoms with Gasteiger partial charge in [0.25, 0.3) is 0 Å². The molecule has 2 aromatic rings. The largest absolute Gasteiger partial charge is 0.491 e. The molecule has 1 aromatic heterocycles. The second-order valence-corrected chi connectivity index (χ2v) is 6.11. The lowest BCUT2D eigenvalue weighted by molar-refractivity contribution is -0.144. The van der Waals surface area contributed by atoms with Crippen molar-refractivity contribution in [2.45, 2.75) is 52.7 Å². The van der Waals surface area contributed by atoms with Crippen LogP contribution in [0.5, 0.6) is 11.8 Å². The first-order valence-electron chi connectivity index (χ1n) is 7.90. The summed E-state index contributed by atoms with van der Waals surface area (Å²) in [6.45, 7) is 9.56. The Labute approximate surface area is 141 Å². The summed E-state index contributed by atoms with van der Waals surface area (Å²) in [6, 6.07) is 5.81. The molecule has 0 saturated heterocycles. The maximum atomic E-state index is 10.8. The predicted octanol–water partition coefficient (Wildman–Crippen LogP) is 3.03. The van der Waals surface area contributed by atoms with Crippen molar-refractivity contribution < 1.29 is 19.4 Å². The first-order valence-corrected chi connectivity index (χ1v) is 7.90. The van der Waals surface area contributed by atoms with E-state index in [1.165, 1.54) is 13.3 Å². The summed E-state index contributed by atoms with van der Waals surface area (Å²) in [7, 11) is 0. The van der Waals surface area contributed by atoms with Gasteiger partial charge in [0, 0.05) is 0 Å². The Morgan fingerprint density at radius 3 is 2.46 bits per heavy atom. The van der Waals surface area contributed by atoms with Crippen molar-refractivity contribution in [3.8, 4) is 17.4 Å². The van der Waals surface area contributed by atoms with E-state index >= 15 is 0 Å².